The molecule has 0 saturated heterocycles. The first-order chi connectivity index (χ1) is 11.0. The Morgan fingerprint density at radius 1 is 1.35 bits per heavy atom. The Morgan fingerprint density at radius 3 is 2.87 bits per heavy atom. The summed E-state index contributed by atoms with van der Waals surface area (Å²) in [5.41, 5.74) is -0.909. The number of carbonyl (C=O) groups is 1. The minimum absolute atomic E-state index is 0.163. The van der Waals surface area contributed by atoms with E-state index in [1.54, 1.807) is 6.07 Å². The lowest BCUT2D eigenvalue weighted by molar-refractivity contribution is 0.102. The average Bonchev–Trinajstić information content (AvgIpc) is 2.51. The van der Waals surface area contributed by atoms with E-state index < -0.39 is 28.6 Å². The van der Waals surface area contributed by atoms with E-state index >= 15 is 0 Å². The number of fused-ring (bicyclic) bond motifs is 1. The van der Waals surface area contributed by atoms with Gasteiger partial charge >= 0.3 is 0 Å². The molecule has 2 aromatic heterocycles. The van der Waals surface area contributed by atoms with Crippen molar-refractivity contribution in [2.24, 2.45) is 0 Å². The number of hydrogen-bond donors (Lipinski definition) is 3. The third-order valence-electron chi connectivity index (χ3n) is 3.16. The summed E-state index contributed by atoms with van der Waals surface area (Å²) >= 11 is 5.63. The van der Waals surface area contributed by atoms with Gasteiger partial charge in [0.2, 0.25) is 0 Å². The molecule has 116 valence electrons. The number of aromatic amines is 1. The summed E-state index contributed by atoms with van der Waals surface area (Å²) < 4.78 is 13.1. The average molecular weight is 334 g/mol. The van der Waals surface area contributed by atoms with E-state index in [-0.39, 0.29) is 21.7 Å². The van der Waals surface area contributed by atoms with Crippen molar-refractivity contribution >= 4 is 34.2 Å². The second-order valence-electron chi connectivity index (χ2n) is 4.66. The van der Waals surface area contributed by atoms with Crippen LogP contribution in [0.1, 0.15) is 10.4 Å². The van der Waals surface area contributed by atoms with Crippen molar-refractivity contribution < 1.29 is 14.3 Å². The molecule has 3 N–H and O–H groups in total. The molecule has 0 saturated carbocycles. The number of nitrogens with one attached hydrogen (secondary N) is 2. The molecule has 1 amide bonds. The van der Waals surface area contributed by atoms with Gasteiger partial charge in [-0.05, 0) is 30.3 Å². The predicted molar refractivity (Wildman–Crippen MR) is 83.4 cm³/mol. The summed E-state index contributed by atoms with van der Waals surface area (Å²) in [5, 5.41) is 12.6. The summed E-state index contributed by atoms with van der Waals surface area (Å²) in [7, 11) is 0. The smallest absolute Gasteiger partial charge is 0.266 e. The van der Waals surface area contributed by atoms with Gasteiger partial charge in [-0.15, -0.1) is 0 Å². The van der Waals surface area contributed by atoms with Gasteiger partial charge in [0.1, 0.15) is 22.8 Å². The topological polar surface area (TPSA) is 95.1 Å². The molecule has 1 aromatic carbocycles. The van der Waals surface area contributed by atoms with Crippen molar-refractivity contribution in [3.05, 3.63) is 63.3 Å². The fourth-order valence-electron chi connectivity index (χ4n) is 2.09. The van der Waals surface area contributed by atoms with Crippen LogP contribution in [0.3, 0.4) is 0 Å². The van der Waals surface area contributed by atoms with Crippen LogP contribution < -0.4 is 10.9 Å². The first-order valence-electron chi connectivity index (χ1n) is 6.44. The number of nitrogens with zero attached hydrogens (tertiary/aromatic N) is 1. The summed E-state index contributed by atoms with van der Waals surface area (Å²) in [5.74, 6) is -1.97. The van der Waals surface area contributed by atoms with Crippen molar-refractivity contribution in [1.29, 1.82) is 0 Å². The van der Waals surface area contributed by atoms with Gasteiger partial charge in [0.05, 0.1) is 10.4 Å². The van der Waals surface area contributed by atoms with Crippen molar-refractivity contribution in [3.8, 4) is 5.75 Å². The Balaban J connectivity index is 2.04. The van der Waals surface area contributed by atoms with Crippen molar-refractivity contribution in [2.45, 2.75) is 0 Å². The van der Waals surface area contributed by atoms with Gasteiger partial charge in [-0.3, -0.25) is 9.59 Å². The summed E-state index contributed by atoms with van der Waals surface area (Å²) in [6.07, 6.45) is 1.44. The van der Waals surface area contributed by atoms with Crippen molar-refractivity contribution in [3.63, 3.8) is 0 Å². The highest BCUT2D eigenvalue weighted by Crippen LogP contribution is 2.25. The zero-order valence-corrected chi connectivity index (χ0v) is 12.2. The molecule has 0 aliphatic carbocycles. The number of aromatic hydroxyl groups is 1. The maximum absolute atomic E-state index is 13.1. The SMILES string of the molecule is O=C(Nc1ccc(F)c(Cl)c1)c1c(O)c2cccnc2[nH]c1=O. The highest BCUT2D eigenvalue weighted by Gasteiger charge is 2.19. The number of H-pyrrole nitrogens is 1. The van der Waals surface area contributed by atoms with Crippen LogP contribution in [0.4, 0.5) is 10.1 Å². The van der Waals surface area contributed by atoms with Crippen LogP contribution in [0.25, 0.3) is 11.0 Å². The lowest BCUT2D eigenvalue weighted by atomic mass is 10.1. The van der Waals surface area contributed by atoms with Crippen LogP contribution in [0.15, 0.2) is 41.3 Å². The first kappa shape index (κ1) is 15.0. The van der Waals surface area contributed by atoms with Crippen LogP contribution in [0, 0.1) is 5.82 Å². The minimum Gasteiger partial charge on any atom is -0.506 e. The third-order valence-corrected chi connectivity index (χ3v) is 3.45. The lowest BCUT2D eigenvalue weighted by Gasteiger charge is -2.08. The second kappa shape index (κ2) is 5.69. The maximum atomic E-state index is 13.1. The molecule has 6 nitrogen and oxygen atoms in total. The van der Waals surface area contributed by atoms with Gasteiger partial charge in [-0.2, -0.15) is 0 Å². The maximum Gasteiger partial charge on any atom is 0.266 e. The highest BCUT2D eigenvalue weighted by atomic mass is 35.5. The standard InChI is InChI=1S/C15H9ClFN3O3/c16-9-6-7(3-4-10(9)17)19-14(22)11-12(21)8-2-1-5-18-13(8)20-15(11)23/h1-6H,(H,19,22)(H2,18,20,21,23). The lowest BCUT2D eigenvalue weighted by Crippen LogP contribution is -2.23. The van der Waals surface area contributed by atoms with E-state index in [0.29, 0.717) is 0 Å². The van der Waals surface area contributed by atoms with Crippen LogP contribution in [0.2, 0.25) is 5.02 Å². The van der Waals surface area contributed by atoms with Crippen LogP contribution in [0.5, 0.6) is 5.75 Å². The van der Waals surface area contributed by atoms with Crippen LogP contribution >= 0.6 is 11.6 Å². The molecule has 0 radical (unpaired) electrons. The Bertz CT molecular complexity index is 987. The predicted octanol–water partition coefficient (Wildman–Crippen LogP) is 2.67. The number of rotatable bonds is 2. The Kier molecular flexibility index (Phi) is 3.71. The van der Waals surface area contributed by atoms with Gasteiger partial charge in [-0.25, -0.2) is 9.37 Å². The quantitative estimate of drug-likeness (QED) is 0.672. The molecule has 8 heteroatoms. The fourth-order valence-corrected chi connectivity index (χ4v) is 2.27. The van der Waals surface area contributed by atoms with Gasteiger partial charge in [-0.1, -0.05) is 11.6 Å². The van der Waals surface area contributed by atoms with Crippen molar-refractivity contribution in [1.82, 2.24) is 9.97 Å². The van der Waals surface area contributed by atoms with E-state index in [9.17, 15) is 19.1 Å². The summed E-state index contributed by atoms with van der Waals surface area (Å²) in [6, 6.07) is 6.63. The zero-order valence-electron chi connectivity index (χ0n) is 11.4. The molecule has 0 aliphatic rings. The van der Waals surface area contributed by atoms with E-state index in [2.05, 4.69) is 15.3 Å². The zero-order chi connectivity index (χ0) is 16.6. The third kappa shape index (κ3) is 2.74. The fraction of sp³-hybridized carbons (Fsp3) is 0. The number of pyridine rings is 2. The summed E-state index contributed by atoms with van der Waals surface area (Å²) in [4.78, 5) is 30.6. The van der Waals surface area contributed by atoms with Crippen LogP contribution in [-0.2, 0) is 0 Å². The van der Waals surface area contributed by atoms with Gasteiger partial charge in [0.25, 0.3) is 11.5 Å². The number of hydrogen-bond acceptors (Lipinski definition) is 4. The normalized spacial score (nSPS) is 10.7. The van der Waals surface area contributed by atoms with Crippen molar-refractivity contribution in [2.75, 3.05) is 5.32 Å². The summed E-state index contributed by atoms with van der Waals surface area (Å²) in [6.45, 7) is 0. The highest BCUT2D eigenvalue weighted by molar-refractivity contribution is 6.31. The van der Waals surface area contributed by atoms with Gasteiger partial charge < -0.3 is 15.4 Å². The van der Waals surface area contributed by atoms with E-state index in [1.807, 2.05) is 0 Å². The molecular weight excluding hydrogens is 325 g/mol. The molecule has 23 heavy (non-hydrogen) atoms. The Morgan fingerprint density at radius 2 is 2.13 bits per heavy atom. The molecular formula is C15H9ClFN3O3. The molecule has 0 unspecified atom stereocenters. The van der Waals surface area contributed by atoms with Gasteiger partial charge in [0, 0.05) is 11.9 Å². The molecule has 3 aromatic rings. The molecule has 0 bridgehead atoms. The monoisotopic (exact) mass is 333 g/mol. The molecule has 0 atom stereocenters. The molecule has 2 heterocycles. The largest absolute Gasteiger partial charge is 0.506 e. The molecule has 0 aliphatic heterocycles. The Labute approximate surface area is 133 Å². The number of halogens is 2. The van der Waals surface area contributed by atoms with E-state index in [0.717, 1.165) is 6.07 Å². The van der Waals surface area contributed by atoms with E-state index in [4.69, 9.17) is 11.6 Å². The second-order valence-corrected chi connectivity index (χ2v) is 5.07. The Hall–Kier alpha value is -2.93. The molecule has 3 rings (SSSR count). The van der Waals surface area contributed by atoms with Gasteiger partial charge in [0.15, 0.2) is 0 Å². The number of aromatic nitrogens is 2. The van der Waals surface area contributed by atoms with E-state index in [1.165, 1.54) is 24.4 Å². The number of amides is 1. The number of benzene rings is 1. The number of anilines is 1. The number of carbonyl (C=O) groups excluding carboxylic acids is 1. The van der Waals surface area contributed by atoms with Crippen LogP contribution in [-0.4, -0.2) is 21.0 Å². The molecule has 0 spiro atoms. The minimum atomic E-state index is -0.850. The first-order valence-corrected chi connectivity index (χ1v) is 6.81. The molecule has 0 fully saturated rings.